The Bertz CT molecular complexity index is 2960. The molecule has 0 atom stereocenters. The molecule has 0 spiro atoms. The first-order valence-corrected chi connectivity index (χ1v) is 25.3. The van der Waals surface area contributed by atoms with Crippen LogP contribution in [0.25, 0.3) is 10.2 Å². The average Bonchev–Trinajstić information content (AvgIpc) is 3.90. The van der Waals surface area contributed by atoms with Crippen LogP contribution in [-0.2, 0) is 44.6 Å². The van der Waals surface area contributed by atoms with Gasteiger partial charge in [0, 0.05) is 30.2 Å². The molecule has 1 aromatic heterocycles. The number of aromatic nitrogens is 1. The van der Waals surface area contributed by atoms with Gasteiger partial charge in [0.15, 0.2) is 0 Å². The summed E-state index contributed by atoms with van der Waals surface area (Å²) in [7, 11) is 0. The SMILES string of the molecule is C=CC(=O)OCCCCOc1ccc(C(=O)OCCc2ccc(OC(=O)c3ccc(OCCCCOC(=O)C=C)cc3)c(/C=N/N(OC(=O)c3ccc(OCCCCOC(=O)C=C)cc3)c3nc4ccccc4s3)c2)cc1. The minimum absolute atomic E-state index is 0.00703. The molecule has 1 heterocycles. The first kappa shape index (κ1) is 57.2. The van der Waals surface area contributed by atoms with Crippen molar-refractivity contribution in [1.29, 1.82) is 0 Å². The number of hydrogen-bond acceptors (Lipinski definition) is 19. The van der Waals surface area contributed by atoms with Gasteiger partial charge in [-0.2, -0.15) is 0 Å². The van der Waals surface area contributed by atoms with Crippen molar-refractivity contribution in [2.75, 3.05) is 51.4 Å². The fourth-order valence-electron chi connectivity index (χ4n) is 6.69. The summed E-state index contributed by atoms with van der Waals surface area (Å²) in [4.78, 5) is 84.8. The van der Waals surface area contributed by atoms with E-state index in [0.717, 1.165) is 28.1 Å². The molecular weight excluding hydrogens is 1010 g/mol. The number of rotatable bonds is 32. The molecule has 6 aromatic rings. The highest BCUT2D eigenvalue weighted by Gasteiger charge is 2.20. The van der Waals surface area contributed by atoms with Crippen LogP contribution < -0.4 is 24.1 Å². The summed E-state index contributed by atoms with van der Waals surface area (Å²) in [6.45, 7) is 12.0. The lowest BCUT2D eigenvalue weighted by Crippen LogP contribution is -2.22. The van der Waals surface area contributed by atoms with Crippen molar-refractivity contribution in [2.45, 2.75) is 44.9 Å². The van der Waals surface area contributed by atoms with Crippen molar-refractivity contribution >= 4 is 68.7 Å². The summed E-state index contributed by atoms with van der Waals surface area (Å²) >= 11 is 1.23. The van der Waals surface area contributed by atoms with Gasteiger partial charge in [-0.25, -0.2) is 33.8 Å². The van der Waals surface area contributed by atoms with E-state index in [9.17, 15) is 28.8 Å². The molecule has 0 aliphatic carbocycles. The molecule has 0 bridgehead atoms. The standard InChI is InChI=1S/C58H57N3O15S/c1-4-52(62)71-35-12-9-32-68-46-24-18-42(19-25-46)55(65)74-38-31-41-17-30-50(75-56(66)43-20-26-47(27-21-43)69-33-10-13-36-72-53(63)5-2)45(39-41)40-59-61(58-60-49-15-7-8-16-51(49)77-58)76-57(67)44-22-28-48(29-23-44)70-34-11-14-37-73-54(64)6-3/h4-8,15-30,39-40H,1-3,9-14,31-38H2/b59-40+. The van der Waals surface area contributed by atoms with Crippen molar-refractivity contribution in [3.63, 3.8) is 0 Å². The number of carbonyl (C=O) groups is 6. The molecule has 5 aromatic carbocycles. The Kier molecular flexibility index (Phi) is 23.0. The molecule has 0 saturated heterocycles. The number of thiazole rings is 1. The number of para-hydroxylation sites is 1. The van der Waals surface area contributed by atoms with Crippen molar-refractivity contribution < 1.29 is 71.5 Å². The second kappa shape index (κ2) is 30.9. The summed E-state index contributed by atoms with van der Waals surface area (Å²) < 4.78 is 44.7. The maximum atomic E-state index is 13.7. The summed E-state index contributed by atoms with van der Waals surface area (Å²) in [6.07, 6.45) is 8.66. The molecule has 19 heteroatoms. The fourth-order valence-corrected chi connectivity index (χ4v) is 7.56. The summed E-state index contributed by atoms with van der Waals surface area (Å²) in [5.41, 5.74) is 2.36. The van der Waals surface area contributed by atoms with Crippen LogP contribution in [0.15, 0.2) is 158 Å². The monoisotopic (exact) mass is 1070 g/mol. The number of carbonyl (C=O) groups excluding carboxylic acids is 6. The van der Waals surface area contributed by atoms with Crippen molar-refractivity contribution in [3.8, 4) is 23.0 Å². The average molecular weight is 1070 g/mol. The lowest BCUT2D eigenvalue weighted by molar-refractivity contribution is -0.138. The van der Waals surface area contributed by atoms with E-state index in [-0.39, 0.29) is 54.9 Å². The van der Waals surface area contributed by atoms with Gasteiger partial charge in [0.2, 0.25) is 5.13 Å². The zero-order chi connectivity index (χ0) is 54.6. The van der Waals surface area contributed by atoms with E-state index in [1.807, 2.05) is 24.3 Å². The predicted octanol–water partition coefficient (Wildman–Crippen LogP) is 10.2. The lowest BCUT2D eigenvalue weighted by atomic mass is 10.1. The number of hydrogen-bond donors (Lipinski definition) is 0. The molecule has 6 rings (SSSR count). The molecule has 0 fully saturated rings. The molecule has 0 radical (unpaired) electrons. The molecule has 77 heavy (non-hydrogen) atoms. The third kappa shape index (κ3) is 19.3. The highest BCUT2D eigenvalue weighted by Crippen LogP contribution is 2.30. The van der Waals surface area contributed by atoms with E-state index in [4.69, 9.17) is 42.7 Å². The van der Waals surface area contributed by atoms with E-state index in [0.29, 0.717) is 97.8 Å². The second-order valence-electron chi connectivity index (χ2n) is 16.4. The highest BCUT2D eigenvalue weighted by molar-refractivity contribution is 7.22. The molecule has 400 valence electrons. The highest BCUT2D eigenvalue weighted by atomic mass is 32.1. The van der Waals surface area contributed by atoms with E-state index in [2.05, 4.69) is 29.8 Å². The molecular formula is C58H57N3O15S. The quantitative estimate of drug-likeness (QED) is 0.00730. The second-order valence-corrected chi connectivity index (χ2v) is 17.4. The maximum Gasteiger partial charge on any atom is 0.365 e. The van der Waals surface area contributed by atoms with Crippen LogP contribution in [0.2, 0.25) is 0 Å². The van der Waals surface area contributed by atoms with Crippen LogP contribution in [0, 0.1) is 0 Å². The molecule has 0 aliphatic rings. The van der Waals surface area contributed by atoms with E-state index >= 15 is 0 Å². The Morgan fingerprint density at radius 2 is 0.987 bits per heavy atom. The fraction of sp³-hybridized carbons (Fsp3) is 0.241. The number of nitrogens with zero attached hydrogens (tertiary/aromatic N) is 3. The van der Waals surface area contributed by atoms with Crippen LogP contribution in [0.3, 0.4) is 0 Å². The summed E-state index contributed by atoms with van der Waals surface area (Å²) in [6, 6.07) is 31.7. The van der Waals surface area contributed by atoms with Crippen molar-refractivity contribution in [1.82, 2.24) is 4.98 Å². The van der Waals surface area contributed by atoms with Crippen LogP contribution >= 0.6 is 11.3 Å². The number of hydrazone groups is 1. The van der Waals surface area contributed by atoms with Crippen molar-refractivity contribution in [2.24, 2.45) is 5.10 Å². The lowest BCUT2D eigenvalue weighted by Gasteiger charge is -2.15. The van der Waals surface area contributed by atoms with Crippen LogP contribution in [0.5, 0.6) is 23.0 Å². The minimum atomic E-state index is -0.761. The van der Waals surface area contributed by atoms with Gasteiger partial charge in [-0.3, -0.25) is 0 Å². The van der Waals surface area contributed by atoms with Gasteiger partial charge in [0.1, 0.15) is 23.0 Å². The third-order valence-electron chi connectivity index (χ3n) is 10.7. The van der Waals surface area contributed by atoms with Gasteiger partial charge in [-0.1, -0.05) is 54.4 Å². The molecule has 0 N–H and O–H groups in total. The number of unbranched alkanes of at least 4 members (excludes halogenated alkanes) is 3. The van der Waals surface area contributed by atoms with Gasteiger partial charge in [-0.05, 0) is 141 Å². The first-order valence-electron chi connectivity index (χ1n) is 24.5. The van der Waals surface area contributed by atoms with Gasteiger partial charge >= 0.3 is 35.8 Å². The molecule has 0 amide bonds. The zero-order valence-electron chi connectivity index (χ0n) is 42.2. The van der Waals surface area contributed by atoms with Gasteiger partial charge in [-0.15, -0.1) is 5.10 Å². The number of anilines is 1. The normalized spacial score (nSPS) is 10.7. The van der Waals surface area contributed by atoms with E-state index < -0.39 is 35.8 Å². The van der Waals surface area contributed by atoms with Crippen LogP contribution in [-0.4, -0.2) is 93.3 Å². The van der Waals surface area contributed by atoms with Crippen LogP contribution in [0.4, 0.5) is 5.13 Å². The number of esters is 5. The molecule has 18 nitrogen and oxygen atoms in total. The first-order chi connectivity index (χ1) is 37.5. The Morgan fingerprint density at radius 3 is 1.48 bits per heavy atom. The predicted molar refractivity (Wildman–Crippen MR) is 287 cm³/mol. The number of benzene rings is 5. The molecule has 0 aliphatic heterocycles. The summed E-state index contributed by atoms with van der Waals surface area (Å²) in [5, 5.41) is 5.78. The minimum Gasteiger partial charge on any atom is -0.494 e. The Hall–Kier alpha value is -9.10. The van der Waals surface area contributed by atoms with E-state index in [1.165, 1.54) is 17.6 Å². The van der Waals surface area contributed by atoms with Gasteiger partial charge in [0.05, 0.1) is 79.4 Å². The smallest absolute Gasteiger partial charge is 0.365 e. The third-order valence-corrected chi connectivity index (χ3v) is 11.7. The Balaban J connectivity index is 1.15. The number of fused-ring (bicyclic) bond motifs is 1. The molecule has 0 unspecified atom stereocenters. The topological polar surface area (TPSA) is 214 Å². The largest absolute Gasteiger partial charge is 0.494 e. The van der Waals surface area contributed by atoms with Gasteiger partial charge < -0.3 is 42.7 Å². The van der Waals surface area contributed by atoms with Crippen LogP contribution in [0.1, 0.15) is 80.7 Å². The Labute approximate surface area is 449 Å². The Morgan fingerprint density at radius 1 is 0.519 bits per heavy atom. The maximum absolute atomic E-state index is 13.7. The van der Waals surface area contributed by atoms with Gasteiger partial charge in [0.25, 0.3) is 0 Å². The number of ether oxygens (including phenoxy) is 8. The summed E-state index contributed by atoms with van der Waals surface area (Å²) in [5.74, 6) is -1.73. The zero-order valence-corrected chi connectivity index (χ0v) is 43.0. The van der Waals surface area contributed by atoms with E-state index in [1.54, 1.807) is 91.0 Å². The van der Waals surface area contributed by atoms with Crippen molar-refractivity contribution in [3.05, 3.63) is 181 Å². The molecule has 0 saturated carbocycles.